The first-order chi connectivity index (χ1) is 13.3. The standard InChI is InChI=1S/C21H20N6/c1-15-18-7-10-22-21(18)23-13-20(15)26-11-8-16(9-12-26)19-14-27(25-24-19)17-5-3-2-4-6-17/h2-8,10,13-14H,9,11-12H2,1H3,(H,22,23). The molecule has 0 saturated heterocycles. The number of hydrogen-bond acceptors (Lipinski definition) is 4. The van der Waals surface area contributed by atoms with E-state index in [4.69, 9.17) is 0 Å². The smallest absolute Gasteiger partial charge is 0.137 e. The molecular formula is C21H20N6. The van der Waals surface area contributed by atoms with Crippen molar-refractivity contribution in [2.24, 2.45) is 0 Å². The van der Waals surface area contributed by atoms with Crippen LogP contribution in [0.5, 0.6) is 0 Å². The molecule has 1 aliphatic heterocycles. The van der Waals surface area contributed by atoms with Crippen LogP contribution >= 0.6 is 0 Å². The van der Waals surface area contributed by atoms with Gasteiger partial charge in [0.15, 0.2) is 0 Å². The summed E-state index contributed by atoms with van der Waals surface area (Å²) in [6.45, 7) is 3.96. The molecule has 134 valence electrons. The number of rotatable bonds is 3. The fourth-order valence-corrected chi connectivity index (χ4v) is 3.69. The minimum atomic E-state index is 0.853. The third kappa shape index (κ3) is 2.79. The maximum absolute atomic E-state index is 4.55. The number of hydrogen-bond donors (Lipinski definition) is 1. The third-order valence-corrected chi connectivity index (χ3v) is 5.22. The molecule has 0 atom stereocenters. The van der Waals surface area contributed by atoms with Crippen molar-refractivity contribution in [3.05, 3.63) is 72.3 Å². The molecule has 0 aliphatic carbocycles. The van der Waals surface area contributed by atoms with E-state index in [0.717, 1.165) is 36.5 Å². The number of aryl methyl sites for hydroxylation is 1. The second-order valence-corrected chi connectivity index (χ2v) is 6.82. The Morgan fingerprint density at radius 2 is 2.00 bits per heavy atom. The van der Waals surface area contributed by atoms with Crippen LogP contribution in [0.1, 0.15) is 17.7 Å². The van der Waals surface area contributed by atoms with Crippen LogP contribution in [-0.2, 0) is 0 Å². The summed E-state index contributed by atoms with van der Waals surface area (Å²) in [6, 6.07) is 12.2. The van der Waals surface area contributed by atoms with Gasteiger partial charge in [-0.1, -0.05) is 29.5 Å². The molecule has 27 heavy (non-hydrogen) atoms. The van der Waals surface area contributed by atoms with E-state index in [1.165, 1.54) is 22.2 Å². The van der Waals surface area contributed by atoms with Gasteiger partial charge in [-0.3, -0.25) is 0 Å². The summed E-state index contributed by atoms with van der Waals surface area (Å²) in [5, 5.41) is 9.84. The van der Waals surface area contributed by atoms with Gasteiger partial charge in [-0.05, 0) is 42.7 Å². The number of nitrogens with zero attached hydrogens (tertiary/aromatic N) is 5. The van der Waals surface area contributed by atoms with Gasteiger partial charge in [-0.15, -0.1) is 5.10 Å². The predicted molar refractivity (Wildman–Crippen MR) is 107 cm³/mol. The maximum Gasteiger partial charge on any atom is 0.137 e. The molecule has 0 unspecified atom stereocenters. The summed E-state index contributed by atoms with van der Waals surface area (Å²) in [5.74, 6) is 0. The van der Waals surface area contributed by atoms with Gasteiger partial charge >= 0.3 is 0 Å². The molecule has 0 radical (unpaired) electrons. The van der Waals surface area contributed by atoms with Crippen LogP contribution in [0.15, 0.2) is 61.1 Å². The number of para-hydroxylation sites is 1. The summed E-state index contributed by atoms with van der Waals surface area (Å²) in [6.07, 6.45) is 9.12. The predicted octanol–water partition coefficient (Wildman–Crippen LogP) is 3.75. The lowest BCUT2D eigenvalue weighted by Gasteiger charge is -2.29. The number of nitrogens with one attached hydrogen (secondary N) is 1. The molecule has 0 amide bonds. The Hall–Kier alpha value is -3.41. The average molecular weight is 356 g/mol. The van der Waals surface area contributed by atoms with Gasteiger partial charge in [-0.2, -0.15) is 0 Å². The molecule has 5 rings (SSSR count). The summed E-state index contributed by atoms with van der Waals surface area (Å²) in [4.78, 5) is 10.1. The molecule has 1 aliphatic rings. The minimum absolute atomic E-state index is 0.853. The van der Waals surface area contributed by atoms with Crippen LogP contribution in [-0.4, -0.2) is 38.1 Å². The maximum atomic E-state index is 4.55. The second kappa shape index (κ2) is 6.39. The highest BCUT2D eigenvalue weighted by Gasteiger charge is 2.18. The number of benzene rings is 1. The van der Waals surface area contributed by atoms with Crippen molar-refractivity contribution in [2.75, 3.05) is 18.0 Å². The second-order valence-electron chi connectivity index (χ2n) is 6.82. The zero-order valence-electron chi connectivity index (χ0n) is 15.1. The van der Waals surface area contributed by atoms with Crippen LogP contribution in [0.2, 0.25) is 0 Å². The summed E-state index contributed by atoms with van der Waals surface area (Å²) < 4.78 is 1.83. The fourth-order valence-electron chi connectivity index (χ4n) is 3.69. The fraction of sp³-hybridized carbons (Fsp3) is 0.190. The Kier molecular flexibility index (Phi) is 3.74. The van der Waals surface area contributed by atoms with Crippen molar-refractivity contribution in [1.82, 2.24) is 25.0 Å². The average Bonchev–Trinajstić information content (AvgIpc) is 3.39. The van der Waals surface area contributed by atoms with Crippen LogP contribution in [0.25, 0.3) is 22.3 Å². The molecule has 6 heteroatoms. The first-order valence-electron chi connectivity index (χ1n) is 9.14. The Morgan fingerprint density at radius 3 is 2.81 bits per heavy atom. The quantitative estimate of drug-likeness (QED) is 0.607. The van der Waals surface area contributed by atoms with Crippen molar-refractivity contribution in [1.29, 1.82) is 0 Å². The number of aromatic nitrogens is 5. The summed E-state index contributed by atoms with van der Waals surface area (Å²) >= 11 is 0. The normalized spacial score (nSPS) is 14.6. The molecule has 0 fully saturated rings. The number of anilines is 1. The highest BCUT2D eigenvalue weighted by atomic mass is 15.4. The first kappa shape index (κ1) is 15.8. The van der Waals surface area contributed by atoms with Crippen LogP contribution in [0.4, 0.5) is 5.69 Å². The van der Waals surface area contributed by atoms with E-state index in [2.05, 4.69) is 44.2 Å². The molecule has 1 N–H and O–H groups in total. The van der Waals surface area contributed by atoms with Gasteiger partial charge < -0.3 is 9.88 Å². The van der Waals surface area contributed by atoms with Crippen LogP contribution in [0.3, 0.4) is 0 Å². The SMILES string of the molecule is Cc1c(N2CC=C(c3cn(-c4ccccc4)nn3)CC2)cnc2[nH]ccc12. The molecular weight excluding hydrogens is 336 g/mol. The molecule has 4 heterocycles. The van der Waals surface area contributed by atoms with Gasteiger partial charge in [0.05, 0.1) is 23.8 Å². The van der Waals surface area contributed by atoms with Crippen molar-refractivity contribution in [2.45, 2.75) is 13.3 Å². The van der Waals surface area contributed by atoms with E-state index >= 15 is 0 Å². The van der Waals surface area contributed by atoms with Gasteiger partial charge in [0, 0.05) is 24.7 Å². The minimum Gasteiger partial charge on any atom is -0.366 e. The Labute approximate surface area is 157 Å². The number of H-pyrrole nitrogens is 1. The lowest BCUT2D eigenvalue weighted by atomic mass is 10.0. The summed E-state index contributed by atoms with van der Waals surface area (Å²) in [5.41, 5.74) is 6.65. The lowest BCUT2D eigenvalue weighted by molar-refractivity contribution is 0.798. The highest BCUT2D eigenvalue weighted by Crippen LogP contribution is 2.29. The Morgan fingerprint density at radius 1 is 1.11 bits per heavy atom. The van der Waals surface area contributed by atoms with E-state index in [0.29, 0.717) is 0 Å². The van der Waals surface area contributed by atoms with Gasteiger partial charge in [0.2, 0.25) is 0 Å². The molecule has 6 nitrogen and oxygen atoms in total. The summed E-state index contributed by atoms with van der Waals surface area (Å²) in [7, 11) is 0. The monoisotopic (exact) mass is 356 g/mol. The van der Waals surface area contributed by atoms with Gasteiger partial charge in [0.25, 0.3) is 0 Å². The highest BCUT2D eigenvalue weighted by molar-refractivity contribution is 5.84. The molecule has 0 saturated carbocycles. The van der Waals surface area contributed by atoms with Crippen LogP contribution in [0, 0.1) is 6.92 Å². The van der Waals surface area contributed by atoms with Crippen molar-refractivity contribution in [3.8, 4) is 5.69 Å². The van der Waals surface area contributed by atoms with E-state index in [1.54, 1.807) is 0 Å². The van der Waals surface area contributed by atoms with Crippen molar-refractivity contribution < 1.29 is 0 Å². The lowest BCUT2D eigenvalue weighted by Crippen LogP contribution is -2.29. The number of pyridine rings is 1. The number of fused-ring (bicyclic) bond motifs is 1. The van der Waals surface area contributed by atoms with E-state index in [9.17, 15) is 0 Å². The van der Waals surface area contributed by atoms with E-state index < -0.39 is 0 Å². The van der Waals surface area contributed by atoms with Crippen molar-refractivity contribution >= 4 is 22.3 Å². The van der Waals surface area contributed by atoms with E-state index in [-0.39, 0.29) is 0 Å². The number of aromatic amines is 1. The van der Waals surface area contributed by atoms with Crippen LogP contribution < -0.4 is 4.90 Å². The zero-order valence-corrected chi connectivity index (χ0v) is 15.1. The Balaban J connectivity index is 1.38. The molecule has 3 aromatic heterocycles. The van der Waals surface area contributed by atoms with Gasteiger partial charge in [-0.25, -0.2) is 9.67 Å². The molecule has 0 bridgehead atoms. The Bertz CT molecular complexity index is 1120. The topological polar surface area (TPSA) is 62.6 Å². The molecule has 1 aromatic carbocycles. The van der Waals surface area contributed by atoms with Gasteiger partial charge in [0.1, 0.15) is 11.3 Å². The first-order valence-corrected chi connectivity index (χ1v) is 9.14. The van der Waals surface area contributed by atoms with E-state index in [1.807, 2.05) is 53.6 Å². The van der Waals surface area contributed by atoms with Crippen molar-refractivity contribution in [3.63, 3.8) is 0 Å². The molecule has 4 aromatic rings. The zero-order chi connectivity index (χ0) is 18.2. The molecule has 0 spiro atoms. The third-order valence-electron chi connectivity index (χ3n) is 5.22. The largest absolute Gasteiger partial charge is 0.366 e.